The molecule has 0 rings (SSSR count). The molecule has 0 unspecified atom stereocenters. The zero-order chi connectivity index (χ0) is 37.6. The summed E-state index contributed by atoms with van der Waals surface area (Å²) in [4.78, 5) is 24.3. The van der Waals surface area contributed by atoms with E-state index in [2.05, 4.69) is 20.8 Å². The molecular weight excluding hydrogens is 640 g/mol. The van der Waals surface area contributed by atoms with Gasteiger partial charge in [0.2, 0.25) is 0 Å². The van der Waals surface area contributed by atoms with Crippen molar-refractivity contribution in [1.29, 1.82) is 0 Å². The molecule has 0 spiro atoms. The number of hydrogen-bond donors (Lipinski definition) is 3. The highest BCUT2D eigenvalue weighted by molar-refractivity contribution is 5.70. The van der Waals surface area contributed by atoms with E-state index in [-0.39, 0.29) is 19.0 Å². The number of esters is 2. The van der Waals surface area contributed by atoms with E-state index < -0.39 is 30.9 Å². The maximum absolute atomic E-state index is 12.2. The van der Waals surface area contributed by atoms with Crippen LogP contribution in [0.1, 0.15) is 156 Å². The summed E-state index contributed by atoms with van der Waals surface area (Å²) in [5.74, 6) is 0.0555. The van der Waals surface area contributed by atoms with Crippen LogP contribution in [0.4, 0.5) is 0 Å². The standard InChI is InChI=1S/C44H74O7/c1-4-5-23-31-40(46)32-25-19-15-13-16-20-26-33-41(47)34-27-22-29-36-44(49)51-42(37-45)38-50-43(48)35-28-21-17-12-10-8-6-7-9-11-14-18-24-30-39(2)3/h5,15-16,19-20,23,25-27,32-34,39-42,45-47H,4,6-14,17-18,21-22,24,28-31,35-38H2,1-3H3/b19-15-,20-16-,23-5-,32-25+,33-26+,34-27-/t40-,41-,42-/m0/s1. The van der Waals surface area contributed by atoms with E-state index in [1.165, 1.54) is 70.6 Å². The summed E-state index contributed by atoms with van der Waals surface area (Å²) in [5, 5.41) is 29.4. The van der Waals surface area contributed by atoms with Gasteiger partial charge in [0.05, 0.1) is 18.8 Å². The minimum atomic E-state index is -0.861. The van der Waals surface area contributed by atoms with Crippen molar-refractivity contribution < 1.29 is 34.4 Å². The lowest BCUT2D eigenvalue weighted by atomic mass is 10.0. The predicted molar refractivity (Wildman–Crippen MR) is 212 cm³/mol. The molecule has 51 heavy (non-hydrogen) atoms. The number of ether oxygens (including phenoxy) is 2. The molecule has 0 saturated heterocycles. The van der Waals surface area contributed by atoms with Gasteiger partial charge in [-0.05, 0) is 44.4 Å². The lowest BCUT2D eigenvalue weighted by Gasteiger charge is -2.15. The number of aliphatic hydroxyl groups excluding tert-OH is 3. The number of carbonyl (C=O) groups excluding carboxylic acids is 2. The van der Waals surface area contributed by atoms with E-state index in [1.54, 1.807) is 24.3 Å². The monoisotopic (exact) mass is 715 g/mol. The molecule has 0 radical (unpaired) electrons. The number of allylic oxidation sites excluding steroid dienone is 8. The maximum Gasteiger partial charge on any atom is 0.306 e. The van der Waals surface area contributed by atoms with Crippen LogP contribution in [0.25, 0.3) is 0 Å². The first kappa shape index (κ1) is 48.3. The first-order valence-electron chi connectivity index (χ1n) is 20.1. The highest BCUT2D eigenvalue weighted by Crippen LogP contribution is 2.15. The van der Waals surface area contributed by atoms with Crippen LogP contribution in [-0.4, -0.2) is 58.8 Å². The fraction of sp³-hybridized carbons (Fsp3) is 0.682. The van der Waals surface area contributed by atoms with Gasteiger partial charge in [-0.25, -0.2) is 0 Å². The van der Waals surface area contributed by atoms with Crippen molar-refractivity contribution in [1.82, 2.24) is 0 Å². The van der Waals surface area contributed by atoms with Gasteiger partial charge in [0.25, 0.3) is 0 Å². The summed E-state index contributed by atoms with van der Waals surface area (Å²) >= 11 is 0. The average molecular weight is 715 g/mol. The highest BCUT2D eigenvalue weighted by Gasteiger charge is 2.16. The lowest BCUT2D eigenvalue weighted by Crippen LogP contribution is -2.28. The molecule has 0 bridgehead atoms. The molecule has 0 saturated carbocycles. The first-order valence-corrected chi connectivity index (χ1v) is 20.1. The van der Waals surface area contributed by atoms with E-state index in [4.69, 9.17) is 9.47 Å². The van der Waals surface area contributed by atoms with Crippen molar-refractivity contribution in [3.8, 4) is 0 Å². The Labute approximate surface area is 311 Å². The Balaban J connectivity index is 3.84. The summed E-state index contributed by atoms with van der Waals surface area (Å²) in [6, 6.07) is 0. The van der Waals surface area contributed by atoms with Crippen molar-refractivity contribution >= 4 is 11.9 Å². The molecule has 0 aromatic rings. The second-order valence-electron chi connectivity index (χ2n) is 13.9. The summed E-state index contributed by atoms with van der Waals surface area (Å²) in [5.41, 5.74) is 0. The second kappa shape index (κ2) is 37.0. The molecule has 0 fully saturated rings. The number of aliphatic hydroxyl groups is 3. The van der Waals surface area contributed by atoms with Crippen LogP contribution in [0.3, 0.4) is 0 Å². The Bertz CT molecular complexity index is 991. The van der Waals surface area contributed by atoms with E-state index in [0.29, 0.717) is 25.7 Å². The van der Waals surface area contributed by atoms with Crippen LogP contribution in [0.2, 0.25) is 0 Å². The zero-order valence-electron chi connectivity index (χ0n) is 32.5. The van der Waals surface area contributed by atoms with Crippen molar-refractivity contribution in [2.45, 2.75) is 174 Å². The second-order valence-corrected chi connectivity index (χ2v) is 13.9. The summed E-state index contributed by atoms with van der Waals surface area (Å²) < 4.78 is 10.5. The molecule has 0 amide bonds. The van der Waals surface area contributed by atoms with Crippen molar-refractivity contribution in [3.63, 3.8) is 0 Å². The molecule has 7 heteroatoms. The van der Waals surface area contributed by atoms with E-state index >= 15 is 0 Å². The largest absolute Gasteiger partial charge is 0.462 e. The third-order valence-electron chi connectivity index (χ3n) is 8.37. The Morgan fingerprint density at radius 2 is 1.20 bits per heavy atom. The minimum Gasteiger partial charge on any atom is -0.462 e. The molecule has 3 atom stereocenters. The molecule has 292 valence electrons. The van der Waals surface area contributed by atoms with E-state index in [9.17, 15) is 24.9 Å². The molecule has 0 aromatic carbocycles. The predicted octanol–water partition coefficient (Wildman–Crippen LogP) is 10.4. The quantitative estimate of drug-likeness (QED) is 0.0263. The normalized spacial score (nSPS) is 14.3. The van der Waals surface area contributed by atoms with Gasteiger partial charge in [-0.2, -0.15) is 0 Å². The number of carbonyl (C=O) groups is 2. The van der Waals surface area contributed by atoms with Crippen LogP contribution in [-0.2, 0) is 19.1 Å². The van der Waals surface area contributed by atoms with E-state index in [0.717, 1.165) is 38.0 Å². The van der Waals surface area contributed by atoms with Crippen LogP contribution in [0.15, 0.2) is 72.9 Å². The smallest absolute Gasteiger partial charge is 0.306 e. The zero-order valence-corrected chi connectivity index (χ0v) is 32.5. The third-order valence-corrected chi connectivity index (χ3v) is 8.37. The van der Waals surface area contributed by atoms with Crippen molar-refractivity contribution in [3.05, 3.63) is 72.9 Å². The Hall–Kier alpha value is -2.74. The van der Waals surface area contributed by atoms with Gasteiger partial charge in [-0.1, -0.05) is 177 Å². The van der Waals surface area contributed by atoms with Gasteiger partial charge in [0.1, 0.15) is 6.61 Å². The Morgan fingerprint density at radius 3 is 1.78 bits per heavy atom. The summed E-state index contributed by atoms with van der Waals surface area (Å²) in [6.07, 6.45) is 41.8. The van der Waals surface area contributed by atoms with Gasteiger partial charge < -0.3 is 24.8 Å². The van der Waals surface area contributed by atoms with Crippen molar-refractivity contribution in [2.24, 2.45) is 5.92 Å². The molecular formula is C44H74O7. The van der Waals surface area contributed by atoms with Gasteiger partial charge in [-0.3, -0.25) is 9.59 Å². The molecule has 0 aliphatic carbocycles. The molecule has 0 aliphatic rings. The van der Waals surface area contributed by atoms with E-state index in [1.807, 2.05) is 48.6 Å². The molecule has 0 heterocycles. The SMILES string of the molecule is CC/C=C\C[C@H](O)/C=C/C=C\C/C=C\C=C\[C@H](O)/C=C\CCCC(=O)O[C@@H](CO)COC(=O)CCCCCCCCCCCCCCCC(C)C. The number of unbranched alkanes of at least 4 members (excludes halogenated alkanes) is 13. The molecule has 7 nitrogen and oxygen atoms in total. The van der Waals surface area contributed by atoms with Crippen molar-refractivity contribution in [2.75, 3.05) is 13.2 Å². The molecule has 0 aromatic heterocycles. The fourth-order valence-corrected chi connectivity index (χ4v) is 5.30. The average Bonchev–Trinajstić information content (AvgIpc) is 3.10. The van der Waals surface area contributed by atoms with Gasteiger partial charge in [0, 0.05) is 12.8 Å². The Kier molecular flexibility index (Phi) is 35.0. The molecule has 3 N–H and O–H groups in total. The van der Waals surface area contributed by atoms with Crippen LogP contribution >= 0.6 is 0 Å². The first-order chi connectivity index (χ1) is 24.8. The lowest BCUT2D eigenvalue weighted by molar-refractivity contribution is -0.161. The minimum absolute atomic E-state index is 0.138. The number of hydrogen-bond acceptors (Lipinski definition) is 7. The van der Waals surface area contributed by atoms with Gasteiger partial charge in [0.15, 0.2) is 6.10 Å². The third kappa shape index (κ3) is 36.8. The van der Waals surface area contributed by atoms with Gasteiger partial charge in [-0.15, -0.1) is 0 Å². The fourth-order valence-electron chi connectivity index (χ4n) is 5.30. The maximum atomic E-state index is 12.2. The van der Waals surface area contributed by atoms with Crippen LogP contribution in [0, 0.1) is 5.92 Å². The van der Waals surface area contributed by atoms with Crippen LogP contribution in [0.5, 0.6) is 0 Å². The topological polar surface area (TPSA) is 113 Å². The summed E-state index contributed by atoms with van der Waals surface area (Å²) in [7, 11) is 0. The van der Waals surface area contributed by atoms with Gasteiger partial charge >= 0.3 is 11.9 Å². The van der Waals surface area contributed by atoms with Crippen LogP contribution < -0.4 is 0 Å². The summed E-state index contributed by atoms with van der Waals surface area (Å²) in [6.45, 7) is 6.12. The number of rotatable bonds is 34. The highest BCUT2D eigenvalue weighted by atomic mass is 16.6. The Morgan fingerprint density at radius 1 is 0.627 bits per heavy atom. The molecule has 0 aliphatic heterocycles.